The maximum Gasteiger partial charge on any atom is 0.0578 e. The third-order valence-electron chi connectivity index (χ3n) is 10.0. The SMILES string of the molecule is CC(C)C(C)/C=C/C(C)[C@H]1CCC2C3=CC=C4C[C@@H](O)CC[C@]4(C)C3CC[C@@]21C. The van der Waals surface area contributed by atoms with E-state index in [1.807, 2.05) is 0 Å². The second-order valence-corrected chi connectivity index (χ2v) is 11.9. The van der Waals surface area contributed by atoms with Crippen molar-refractivity contribution in [3.8, 4) is 0 Å². The van der Waals surface area contributed by atoms with E-state index in [9.17, 15) is 5.11 Å². The molecule has 3 fully saturated rings. The molecule has 4 unspecified atom stereocenters. The molecule has 1 heteroatoms. The Morgan fingerprint density at radius 2 is 1.69 bits per heavy atom. The average molecular weight is 397 g/mol. The molecule has 3 saturated carbocycles. The predicted molar refractivity (Wildman–Crippen MR) is 123 cm³/mol. The normalized spacial score (nSPS) is 44.0. The Labute approximate surface area is 179 Å². The van der Waals surface area contributed by atoms with E-state index in [-0.39, 0.29) is 6.10 Å². The number of fused-ring (bicyclic) bond motifs is 5. The topological polar surface area (TPSA) is 20.2 Å². The van der Waals surface area contributed by atoms with Crippen LogP contribution >= 0.6 is 0 Å². The summed E-state index contributed by atoms with van der Waals surface area (Å²) in [5.74, 6) is 4.38. The van der Waals surface area contributed by atoms with Crippen LogP contribution in [-0.4, -0.2) is 11.2 Å². The van der Waals surface area contributed by atoms with Crippen molar-refractivity contribution in [1.29, 1.82) is 0 Å². The second kappa shape index (κ2) is 7.70. The fraction of sp³-hybridized carbons (Fsp3) is 0.786. The van der Waals surface area contributed by atoms with Gasteiger partial charge in [0.25, 0.3) is 0 Å². The maximum atomic E-state index is 10.2. The largest absolute Gasteiger partial charge is 0.393 e. The lowest BCUT2D eigenvalue weighted by Crippen LogP contribution is -2.46. The third kappa shape index (κ3) is 3.50. The Morgan fingerprint density at radius 1 is 0.931 bits per heavy atom. The molecule has 4 rings (SSSR count). The highest BCUT2D eigenvalue weighted by Crippen LogP contribution is 2.65. The molecule has 1 N–H and O–H groups in total. The molecule has 29 heavy (non-hydrogen) atoms. The smallest absolute Gasteiger partial charge is 0.0578 e. The van der Waals surface area contributed by atoms with Crippen LogP contribution in [0.2, 0.25) is 0 Å². The molecule has 0 aromatic carbocycles. The van der Waals surface area contributed by atoms with Gasteiger partial charge in [0.15, 0.2) is 0 Å². The molecule has 0 radical (unpaired) electrons. The summed E-state index contributed by atoms with van der Waals surface area (Å²) in [5, 5.41) is 10.2. The first-order chi connectivity index (χ1) is 13.7. The number of allylic oxidation sites excluding steroid dienone is 5. The zero-order chi connectivity index (χ0) is 21.0. The van der Waals surface area contributed by atoms with E-state index in [4.69, 9.17) is 0 Å². The summed E-state index contributed by atoms with van der Waals surface area (Å²) in [7, 11) is 0. The highest BCUT2D eigenvalue weighted by molar-refractivity contribution is 5.39. The molecule has 0 bridgehead atoms. The van der Waals surface area contributed by atoms with Crippen molar-refractivity contribution in [3.63, 3.8) is 0 Å². The van der Waals surface area contributed by atoms with Crippen molar-refractivity contribution in [2.75, 3.05) is 0 Å². The minimum absolute atomic E-state index is 0.116. The zero-order valence-electron chi connectivity index (χ0n) is 19.7. The van der Waals surface area contributed by atoms with Gasteiger partial charge < -0.3 is 5.11 Å². The Balaban J connectivity index is 1.57. The summed E-state index contributed by atoms with van der Waals surface area (Å²) in [6.45, 7) is 14.6. The van der Waals surface area contributed by atoms with Gasteiger partial charge in [-0.1, -0.05) is 77.0 Å². The van der Waals surface area contributed by atoms with Gasteiger partial charge in [-0.25, -0.2) is 0 Å². The Kier molecular flexibility index (Phi) is 5.69. The van der Waals surface area contributed by atoms with Crippen LogP contribution in [0.5, 0.6) is 0 Å². The van der Waals surface area contributed by atoms with Gasteiger partial charge >= 0.3 is 0 Å². The minimum Gasteiger partial charge on any atom is -0.393 e. The summed E-state index contributed by atoms with van der Waals surface area (Å²) < 4.78 is 0. The van der Waals surface area contributed by atoms with Crippen LogP contribution in [0.1, 0.15) is 86.5 Å². The lowest BCUT2D eigenvalue weighted by molar-refractivity contribution is 0.0382. The van der Waals surface area contributed by atoms with Gasteiger partial charge in [-0.2, -0.15) is 0 Å². The van der Waals surface area contributed by atoms with Gasteiger partial charge in [0.2, 0.25) is 0 Å². The fourth-order valence-electron chi connectivity index (χ4n) is 7.59. The van der Waals surface area contributed by atoms with Gasteiger partial charge in [-0.3, -0.25) is 0 Å². The van der Waals surface area contributed by atoms with Crippen LogP contribution in [0.15, 0.2) is 35.5 Å². The highest BCUT2D eigenvalue weighted by atomic mass is 16.3. The van der Waals surface area contributed by atoms with Crippen LogP contribution in [-0.2, 0) is 0 Å². The van der Waals surface area contributed by atoms with E-state index in [0.717, 1.165) is 36.5 Å². The first-order valence-corrected chi connectivity index (χ1v) is 12.4. The van der Waals surface area contributed by atoms with Gasteiger partial charge in [-0.15, -0.1) is 0 Å². The van der Waals surface area contributed by atoms with Crippen LogP contribution < -0.4 is 0 Å². The van der Waals surface area contributed by atoms with Gasteiger partial charge in [0, 0.05) is 0 Å². The molecule has 0 aromatic heterocycles. The molecule has 0 aromatic rings. The van der Waals surface area contributed by atoms with Crippen molar-refractivity contribution in [2.24, 2.45) is 46.3 Å². The Bertz CT molecular complexity index is 712. The maximum absolute atomic E-state index is 10.2. The molecule has 8 atom stereocenters. The number of rotatable bonds is 4. The van der Waals surface area contributed by atoms with Crippen LogP contribution in [0.4, 0.5) is 0 Å². The summed E-state index contributed by atoms with van der Waals surface area (Å²) in [4.78, 5) is 0. The van der Waals surface area contributed by atoms with Crippen molar-refractivity contribution < 1.29 is 5.11 Å². The number of hydrogen-bond acceptors (Lipinski definition) is 1. The lowest BCUT2D eigenvalue weighted by Gasteiger charge is -2.55. The summed E-state index contributed by atoms with van der Waals surface area (Å²) in [6, 6.07) is 0. The molecule has 0 aliphatic heterocycles. The number of hydrogen-bond donors (Lipinski definition) is 1. The van der Waals surface area contributed by atoms with E-state index < -0.39 is 0 Å². The zero-order valence-corrected chi connectivity index (χ0v) is 19.7. The quantitative estimate of drug-likeness (QED) is 0.493. The molecular weight excluding hydrogens is 352 g/mol. The molecule has 162 valence electrons. The van der Waals surface area contributed by atoms with Crippen molar-refractivity contribution in [3.05, 3.63) is 35.5 Å². The van der Waals surface area contributed by atoms with E-state index in [1.54, 1.807) is 5.57 Å². The molecule has 0 saturated heterocycles. The standard InChI is InChI=1S/C28H44O/c1-18(2)19(3)7-8-20(4)24-11-12-25-23-10-9-21-17-22(29)13-15-27(21,5)26(23)14-16-28(24,25)6/h7-10,18-20,22,24-26,29H,11-17H2,1-6H3/b8-7+/t19?,20?,22-,24+,25?,26?,27-,28+/m0/s1. The van der Waals surface area contributed by atoms with Gasteiger partial charge in [0.1, 0.15) is 0 Å². The summed E-state index contributed by atoms with van der Waals surface area (Å²) >= 11 is 0. The van der Waals surface area contributed by atoms with E-state index in [2.05, 4.69) is 65.8 Å². The minimum atomic E-state index is -0.116. The van der Waals surface area contributed by atoms with E-state index in [0.29, 0.717) is 22.7 Å². The molecule has 0 heterocycles. The van der Waals surface area contributed by atoms with Crippen molar-refractivity contribution in [1.82, 2.24) is 0 Å². The third-order valence-corrected chi connectivity index (χ3v) is 10.0. The Morgan fingerprint density at radius 3 is 2.41 bits per heavy atom. The lowest BCUT2D eigenvalue weighted by atomic mass is 9.50. The van der Waals surface area contributed by atoms with Gasteiger partial charge in [-0.05, 0) is 91.3 Å². The molecular formula is C28H44O. The predicted octanol–water partition coefficient (Wildman–Crippen LogP) is 7.33. The fourth-order valence-corrected chi connectivity index (χ4v) is 7.59. The molecule has 0 spiro atoms. The highest BCUT2D eigenvalue weighted by Gasteiger charge is 2.56. The van der Waals surface area contributed by atoms with Crippen molar-refractivity contribution in [2.45, 2.75) is 92.6 Å². The first-order valence-electron chi connectivity index (χ1n) is 12.4. The Hall–Kier alpha value is -0.820. The van der Waals surface area contributed by atoms with Crippen LogP contribution in [0.25, 0.3) is 0 Å². The average Bonchev–Trinajstić information content (AvgIpc) is 3.03. The van der Waals surface area contributed by atoms with Crippen LogP contribution in [0.3, 0.4) is 0 Å². The van der Waals surface area contributed by atoms with Crippen LogP contribution in [0, 0.1) is 46.3 Å². The van der Waals surface area contributed by atoms with E-state index in [1.165, 1.54) is 37.7 Å². The van der Waals surface area contributed by atoms with Gasteiger partial charge in [0.05, 0.1) is 6.10 Å². The number of aliphatic hydroxyl groups excluding tert-OH is 1. The van der Waals surface area contributed by atoms with Crippen molar-refractivity contribution >= 4 is 0 Å². The monoisotopic (exact) mass is 396 g/mol. The second-order valence-electron chi connectivity index (χ2n) is 11.9. The summed E-state index contributed by atoms with van der Waals surface area (Å²) in [6.07, 6.45) is 18.4. The molecule has 0 amide bonds. The molecule has 1 nitrogen and oxygen atoms in total. The van der Waals surface area contributed by atoms with E-state index >= 15 is 0 Å². The molecule has 4 aliphatic rings. The number of aliphatic hydroxyl groups is 1. The first kappa shape index (κ1) is 21.4. The summed E-state index contributed by atoms with van der Waals surface area (Å²) in [5.41, 5.74) is 4.07. The molecule has 4 aliphatic carbocycles.